The number of rotatable bonds is 7. The summed E-state index contributed by atoms with van der Waals surface area (Å²) in [6.07, 6.45) is -1.29. The van der Waals surface area contributed by atoms with Crippen LogP contribution >= 0.6 is 11.3 Å². The number of nitrogens with zero attached hydrogens (tertiary/aromatic N) is 4. The number of benzene rings is 1. The summed E-state index contributed by atoms with van der Waals surface area (Å²) in [6.45, 7) is 3.64. The maximum absolute atomic E-state index is 14.5. The standard InChI is InChI=1S/C25H26F5N5O2S/c1-14-9-31-22(38-14)20-18(21(36)34-15(2)16-10-32-23(33-11-16)25(28,29)30)5-4-6-19(20)37-13-17-12-35(3)8-7-24(17,26)27/h4-6,9-11,15,17H,7-8,12-13H2,1-3H3,(H,34,36)/t15-,17?/m1/s1. The first-order valence-electron chi connectivity index (χ1n) is 11.8. The minimum atomic E-state index is -4.68. The number of aromatic nitrogens is 3. The first-order chi connectivity index (χ1) is 17.8. The molecule has 1 amide bonds. The zero-order valence-corrected chi connectivity index (χ0v) is 21.7. The van der Waals surface area contributed by atoms with Crippen LogP contribution < -0.4 is 10.1 Å². The molecule has 1 aliphatic heterocycles. The molecule has 0 radical (unpaired) electrons. The van der Waals surface area contributed by atoms with E-state index in [4.69, 9.17) is 4.74 Å². The van der Waals surface area contributed by atoms with E-state index >= 15 is 0 Å². The van der Waals surface area contributed by atoms with Gasteiger partial charge in [-0.25, -0.2) is 23.7 Å². The molecule has 1 N–H and O–H groups in total. The number of carbonyl (C=O) groups is 1. The third-order valence-corrected chi connectivity index (χ3v) is 7.21. The summed E-state index contributed by atoms with van der Waals surface area (Å²) in [5.41, 5.74) is 0.810. The topological polar surface area (TPSA) is 80.2 Å². The van der Waals surface area contributed by atoms with Crippen LogP contribution in [0.2, 0.25) is 0 Å². The Kier molecular flexibility index (Phi) is 7.98. The Morgan fingerprint density at radius 3 is 2.58 bits per heavy atom. The number of likely N-dealkylation sites (tertiary alicyclic amines) is 1. The fourth-order valence-corrected chi connectivity index (χ4v) is 4.94. The van der Waals surface area contributed by atoms with Crippen molar-refractivity contribution in [1.82, 2.24) is 25.2 Å². The van der Waals surface area contributed by atoms with Crippen LogP contribution in [-0.2, 0) is 6.18 Å². The Labute approximate surface area is 220 Å². The van der Waals surface area contributed by atoms with Gasteiger partial charge in [0.15, 0.2) is 0 Å². The summed E-state index contributed by atoms with van der Waals surface area (Å²) in [7, 11) is 1.78. The van der Waals surface area contributed by atoms with E-state index in [1.165, 1.54) is 11.3 Å². The number of aryl methyl sites for hydroxylation is 1. The summed E-state index contributed by atoms with van der Waals surface area (Å²) in [6, 6.07) is 4.00. The van der Waals surface area contributed by atoms with Crippen LogP contribution in [0.5, 0.6) is 5.75 Å². The lowest BCUT2D eigenvalue weighted by atomic mass is 9.94. The van der Waals surface area contributed by atoms with Gasteiger partial charge in [-0.1, -0.05) is 6.07 Å². The van der Waals surface area contributed by atoms with Crippen molar-refractivity contribution in [3.05, 3.63) is 58.6 Å². The Morgan fingerprint density at radius 2 is 1.95 bits per heavy atom. The number of hydrogen-bond acceptors (Lipinski definition) is 7. The van der Waals surface area contributed by atoms with E-state index in [0.29, 0.717) is 17.1 Å². The van der Waals surface area contributed by atoms with E-state index in [2.05, 4.69) is 20.3 Å². The molecule has 7 nitrogen and oxygen atoms in total. The molecule has 204 valence electrons. The van der Waals surface area contributed by atoms with Crippen LogP contribution in [0, 0.1) is 12.8 Å². The van der Waals surface area contributed by atoms with Crippen molar-refractivity contribution in [1.29, 1.82) is 0 Å². The molecule has 2 atom stereocenters. The van der Waals surface area contributed by atoms with E-state index in [0.717, 1.165) is 17.3 Å². The van der Waals surface area contributed by atoms with Crippen molar-refractivity contribution in [2.24, 2.45) is 5.92 Å². The van der Waals surface area contributed by atoms with Crippen molar-refractivity contribution in [2.45, 2.75) is 38.4 Å². The van der Waals surface area contributed by atoms with E-state index in [9.17, 15) is 26.7 Å². The lowest BCUT2D eigenvalue weighted by molar-refractivity contribution is -0.145. The molecule has 0 aliphatic carbocycles. The van der Waals surface area contributed by atoms with Crippen molar-refractivity contribution in [3.8, 4) is 16.3 Å². The second kappa shape index (κ2) is 10.9. The number of piperidine rings is 1. The van der Waals surface area contributed by atoms with Crippen molar-refractivity contribution in [3.63, 3.8) is 0 Å². The second-order valence-electron chi connectivity index (χ2n) is 9.27. The Bertz CT molecular complexity index is 1280. The molecule has 0 spiro atoms. The SMILES string of the molecule is Cc1cnc(-c2c(OCC3CN(C)CCC3(F)F)cccc2C(=O)N[C@H](C)c2cnc(C(F)(F)F)nc2)s1. The fourth-order valence-electron chi connectivity index (χ4n) is 4.11. The lowest BCUT2D eigenvalue weighted by Crippen LogP contribution is -2.47. The normalized spacial score (nSPS) is 18.7. The monoisotopic (exact) mass is 555 g/mol. The predicted octanol–water partition coefficient (Wildman–Crippen LogP) is 5.38. The van der Waals surface area contributed by atoms with Gasteiger partial charge in [-0.05, 0) is 33.0 Å². The van der Waals surface area contributed by atoms with Crippen LogP contribution in [0.25, 0.3) is 10.6 Å². The third-order valence-electron chi connectivity index (χ3n) is 6.28. The molecule has 0 bridgehead atoms. The Balaban J connectivity index is 1.59. The second-order valence-corrected chi connectivity index (χ2v) is 10.5. The average Bonchev–Trinajstić information content (AvgIpc) is 3.29. The Hall–Kier alpha value is -3.19. The van der Waals surface area contributed by atoms with Crippen LogP contribution in [0.4, 0.5) is 22.0 Å². The molecule has 0 saturated carbocycles. The molecule has 1 fully saturated rings. The van der Waals surface area contributed by atoms with Crippen molar-refractivity contribution in [2.75, 3.05) is 26.7 Å². The molecular formula is C25H26F5N5O2S. The van der Waals surface area contributed by atoms with Crippen LogP contribution in [0.3, 0.4) is 0 Å². The van der Waals surface area contributed by atoms with Gasteiger partial charge >= 0.3 is 6.18 Å². The highest BCUT2D eigenvalue weighted by Crippen LogP contribution is 2.38. The number of hydrogen-bond donors (Lipinski definition) is 1. The number of thiazole rings is 1. The Morgan fingerprint density at radius 1 is 1.24 bits per heavy atom. The molecule has 1 aromatic carbocycles. The largest absolute Gasteiger partial charge is 0.492 e. The van der Waals surface area contributed by atoms with Crippen LogP contribution in [-0.4, -0.2) is 58.4 Å². The summed E-state index contributed by atoms with van der Waals surface area (Å²) in [5.74, 6) is -5.49. The summed E-state index contributed by atoms with van der Waals surface area (Å²) in [5, 5.41) is 3.21. The molecular weight excluding hydrogens is 529 g/mol. The van der Waals surface area contributed by atoms with Crippen LogP contribution in [0.1, 0.15) is 46.0 Å². The molecule has 3 heterocycles. The van der Waals surface area contributed by atoms with E-state index in [1.807, 2.05) is 11.8 Å². The summed E-state index contributed by atoms with van der Waals surface area (Å²) in [4.78, 5) is 27.1. The fraction of sp³-hybridized carbons (Fsp3) is 0.440. The molecule has 1 saturated heterocycles. The average molecular weight is 556 g/mol. The third kappa shape index (κ3) is 6.26. The van der Waals surface area contributed by atoms with Gasteiger partial charge in [-0.2, -0.15) is 13.2 Å². The summed E-state index contributed by atoms with van der Waals surface area (Å²) >= 11 is 1.31. The van der Waals surface area contributed by atoms with E-state index in [1.54, 1.807) is 38.4 Å². The number of halogens is 5. The van der Waals surface area contributed by atoms with E-state index in [-0.39, 0.29) is 36.4 Å². The van der Waals surface area contributed by atoms with Gasteiger partial charge in [0.25, 0.3) is 11.8 Å². The first kappa shape index (κ1) is 27.8. The molecule has 1 aliphatic rings. The number of nitrogens with one attached hydrogen (secondary N) is 1. The highest BCUT2D eigenvalue weighted by atomic mass is 32.1. The predicted molar refractivity (Wildman–Crippen MR) is 131 cm³/mol. The highest BCUT2D eigenvalue weighted by Gasteiger charge is 2.43. The zero-order valence-electron chi connectivity index (χ0n) is 20.9. The molecule has 4 rings (SSSR count). The molecule has 3 aromatic rings. The number of carbonyl (C=O) groups excluding carboxylic acids is 1. The number of alkyl halides is 5. The zero-order chi connectivity index (χ0) is 27.7. The summed E-state index contributed by atoms with van der Waals surface area (Å²) < 4.78 is 73.3. The smallest absolute Gasteiger partial charge is 0.451 e. The van der Waals surface area contributed by atoms with Gasteiger partial charge < -0.3 is 15.0 Å². The van der Waals surface area contributed by atoms with Crippen molar-refractivity contribution < 1.29 is 31.5 Å². The van der Waals surface area contributed by atoms with Gasteiger partial charge in [0.1, 0.15) is 10.8 Å². The number of ether oxygens (including phenoxy) is 1. The van der Waals surface area contributed by atoms with Gasteiger partial charge in [0, 0.05) is 48.5 Å². The van der Waals surface area contributed by atoms with Gasteiger partial charge in [-0.15, -0.1) is 11.3 Å². The minimum Gasteiger partial charge on any atom is -0.492 e. The maximum atomic E-state index is 14.5. The lowest BCUT2D eigenvalue weighted by Gasteiger charge is -2.36. The molecule has 1 unspecified atom stereocenters. The first-order valence-corrected chi connectivity index (χ1v) is 12.6. The van der Waals surface area contributed by atoms with E-state index < -0.39 is 35.8 Å². The van der Waals surface area contributed by atoms with Crippen LogP contribution in [0.15, 0.2) is 36.8 Å². The van der Waals surface area contributed by atoms with Gasteiger partial charge in [-0.3, -0.25) is 4.79 Å². The quantitative estimate of drug-likeness (QED) is 0.394. The highest BCUT2D eigenvalue weighted by molar-refractivity contribution is 7.15. The molecule has 2 aromatic heterocycles. The van der Waals surface area contributed by atoms with Crippen molar-refractivity contribution >= 4 is 17.2 Å². The molecule has 13 heteroatoms. The van der Waals surface area contributed by atoms with Gasteiger partial charge in [0.2, 0.25) is 5.82 Å². The number of amides is 1. The van der Waals surface area contributed by atoms with Gasteiger partial charge in [0.05, 0.1) is 29.7 Å². The minimum absolute atomic E-state index is 0.172. The maximum Gasteiger partial charge on any atom is 0.451 e. The molecule has 38 heavy (non-hydrogen) atoms.